The largest absolute Gasteiger partial charge is 0.330 e. The lowest BCUT2D eigenvalue weighted by molar-refractivity contribution is 0.593. The third kappa shape index (κ3) is 9.96. The zero-order chi connectivity index (χ0) is 9.07. The first-order chi connectivity index (χ1) is 5.91. The lowest BCUT2D eigenvalue weighted by Gasteiger charge is -1.99. The highest BCUT2D eigenvalue weighted by molar-refractivity contribution is 4.60. The van der Waals surface area contributed by atoms with Crippen LogP contribution in [0.1, 0.15) is 58.3 Å². The molecule has 2 N–H and O–H groups in total. The second-order valence-electron chi connectivity index (χ2n) is 3.40. The number of hydrogen-bond donors (Lipinski definition) is 1. The van der Waals surface area contributed by atoms with Gasteiger partial charge in [-0.25, -0.2) is 0 Å². The molecule has 0 saturated carbocycles. The van der Waals surface area contributed by atoms with Crippen molar-refractivity contribution in [1.82, 2.24) is 0 Å². The molecular weight excluding hydrogens is 146 g/mol. The van der Waals surface area contributed by atoms with E-state index in [1.807, 2.05) is 0 Å². The normalized spacial score (nSPS) is 10.5. The summed E-state index contributed by atoms with van der Waals surface area (Å²) >= 11 is 0. The van der Waals surface area contributed by atoms with E-state index in [1.165, 1.54) is 51.4 Å². The van der Waals surface area contributed by atoms with Crippen LogP contribution >= 0.6 is 0 Å². The van der Waals surface area contributed by atoms with Gasteiger partial charge in [0.15, 0.2) is 0 Å². The van der Waals surface area contributed by atoms with Crippen molar-refractivity contribution in [3.63, 3.8) is 0 Å². The lowest BCUT2D eigenvalue weighted by atomic mass is 10.1. The van der Waals surface area contributed by atoms with E-state index in [9.17, 15) is 0 Å². The first kappa shape index (κ1) is 12.0. The van der Waals surface area contributed by atoms with Crippen molar-refractivity contribution in [2.45, 2.75) is 58.3 Å². The van der Waals surface area contributed by atoms with Crippen molar-refractivity contribution in [1.29, 1.82) is 0 Å². The lowest BCUT2D eigenvalue weighted by Crippen LogP contribution is -1.97. The van der Waals surface area contributed by atoms with E-state index in [0.717, 1.165) is 6.54 Å². The molecule has 0 aromatic rings. The van der Waals surface area contributed by atoms with Crippen LogP contribution < -0.4 is 5.73 Å². The predicted molar refractivity (Wildman–Crippen MR) is 56.0 cm³/mol. The van der Waals surface area contributed by atoms with Gasteiger partial charge in [0.1, 0.15) is 0 Å². The smallest absolute Gasteiger partial charge is 0.00773 e. The fraction of sp³-hybridized carbons (Fsp3) is 0.909. The van der Waals surface area contributed by atoms with Crippen LogP contribution in [0.3, 0.4) is 0 Å². The van der Waals surface area contributed by atoms with E-state index in [4.69, 9.17) is 5.73 Å². The number of unbranched alkanes of at least 4 members (excludes halogenated alkanes) is 8. The SMILES string of the molecule is CC[CH]CCCCCCCCN. The van der Waals surface area contributed by atoms with E-state index in [0.29, 0.717) is 0 Å². The maximum absolute atomic E-state index is 5.40. The minimum Gasteiger partial charge on any atom is -0.330 e. The summed E-state index contributed by atoms with van der Waals surface area (Å²) in [7, 11) is 0. The number of hydrogen-bond acceptors (Lipinski definition) is 1. The van der Waals surface area contributed by atoms with Gasteiger partial charge in [-0.05, 0) is 19.4 Å². The summed E-state index contributed by atoms with van der Waals surface area (Å²) in [5.74, 6) is 0. The van der Waals surface area contributed by atoms with Crippen LogP contribution in [-0.2, 0) is 0 Å². The van der Waals surface area contributed by atoms with E-state index >= 15 is 0 Å². The molecule has 0 aromatic carbocycles. The Bertz CT molecular complexity index is 61.4. The Labute approximate surface area is 77.7 Å². The first-order valence-electron chi connectivity index (χ1n) is 5.43. The molecule has 0 aromatic heterocycles. The van der Waals surface area contributed by atoms with Gasteiger partial charge in [-0.3, -0.25) is 0 Å². The highest BCUT2D eigenvalue weighted by Crippen LogP contribution is 2.08. The van der Waals surface area contributed by atoms with E-state index in [1.54, 1.807) is 0 Å². The molecule has 0 unspecified atom stereocenters. The zero-order valence-corrected chi connectivity index (χ0v) is 8.52. The summed E-state index contributed by atoms with van der Waals surface area (Å²) in [5.41, 5.74) is 5.40. The Morgan fingerprint density at radius 1 is 0.917 bits per heavy atom. The number of nitrogens with two attached hydrogens (primary N) is 1. The van der Waals surface area contributed by atoms with E-state index < -0.39 is 0 Å². The van der Waals surface area contributed by atoms with Gasteiger partial charge in [0.2, 0.25) is 0 Å². The fourth-order valence-electron chi connectivity index (χ4n) is 1.34. The van der Waals surface area contributed by atoms with Gasteiger partial charge in [-0.15, -0.1) is 0 Å². The summed E-state index contributed by atoms with van der Waals surface area (Å²) in [5, 5.41) is 0. The molecule has 1 heteroatoms. The Balaban J connectivity index is 2.73. The van der Waals surface area contributed by atoms with Gasteiger partial charge in [-0.2, -0.15) is 0 Å². The van der Waals surface area contributed by atoms with Crippen molar-refractivity contribution in [3.8, 4) is 0 Å². The van der Waals surface area contributed by atoms with Crippen molar-refractivity contribution >= 4 is 0 Å². The highest BCUT2D eigenvalue weighted by Gasteiger charge is 1.90. The van der Waals surface area contributed by atoms with Crippen LogP contribution in [0.2, 0.25) is 0 Å². The Morgan fingerprint density at radius 2 is 1.50 bits per heavy atom. The van der Waals surface area contributed by atoms with Gasteiger partial charge >= 0.3 is 0 Å². The van der Waals surface area contributed by atoms with Gasteiger partial charge in [0.05, 0.1) is 0 Å². The van der Waals surface area contributed by atoms with E-state index in [2.05, 4.69) is 13.3 Å². The average molecular weight is 170 g/mol. The molecule has 1 radical (unpaired) electrons. The van der Waals surface area contributed by atoms with E-state index in [-0.39, 0.29) is 0 Å². The minimum atomic E-state index is 0.865. The molecule has 0 aliphatic rings. The van der Waals surface area contributed by atoms with Gasteiger partial charge < -0.3 is 5.73 Å². The Kier molecular flexibility index (Phi) is 10.9. The quantitative estimate of drug-likeness (QED) is 0.528. The van der Waals surface area contributed by atoms with Gasteiger partial charge in [0.25, 0.3) is 0 Å². The van der Waals surface area contributed by atoms with Gasteiger partial charge in [0, 0.05) is 0 Å². The Hall–Kier alpha value is -0.0400. The number of rotatable bonds is 9. The minimum absolute atomic E-state index is 0.865. The molecule has 0 rings (SSSR count). The first-order valence-corrected chi connectivity index (χ1v) is 5.43. The molecule has 1 nitrogen and oxygen atoms in total. The monoisotopic (exact) mass is 170 g/mol. The third-order valence-electron chi connectivity index (χ3n) is 2.15. The maximum atomic E-state index is 5.40. The van der Waals surface area contributed by atoms with Crippen molar-refractivity contribution < 1.29 is 0 Å². The van der Waals surface area contributed by atoms with Crippen LogP contribution in [0.25, 0.3) is 0 Å². The third-order valence-corrected chi connectivity index (χ3v) is 2.15. The van der Waals surface area contributed by atoms with Crippen LogP contribution in [0.4, 0.5) is 0 Å². The molecular formula is C11H24N. The summed E-state index contributed by atoms with van der Waals surface area (Å²) in [6.07, 6.45) is 13.0. The van der Waals surface area contributed by atoms with Crippen LogP contribution in [-0.4, -0.2) is 6.54 Å². The highest BCUT2D eigenvalue weighted by atomic mass is 14.5. The summed E-state index contributed by atoms with van der Waals surface area (Å²) in [6, 6.07) is 0. The average Bonchev–Trinajstić information content (AvgIpc) is 2.10. The van der Waals surface area contributed by atoms with Gasteiger partial charge in [-0.1, -0.05) is 51.9 Å². The maximum Gasteiger partial charge on any atom is -0.00773 e. The molecule has 0 aliphatic heterocycles. The molecule has 0 bridgehead atoms. The zero-order valence-electron chi connectivity index (χ0n) is 8.52. The molecule has 0 amide bonds. The summed E-state index contributed by atoms with van der Waals surface area (Å²) in [6.45, 7) is 3.07. The molecule has 0 saturated heterocycles. The van der Waals surface area contributed by atoms with Crippen LogP contribution in [0.5, 0.6) is 0 Å². The summed E-state index contributed by atoms with van der Waals surface area (Å²) in [4.78, 5) is 0. The predicted octanol–water partition coefficient (Wildman–Crippen LogP) is 3.29. The van der Waals surface area contributed by atoms with Crippen LogP contribution in [0, 0.1) is 6.42 Å². The van der Waals surface area contributed by atoms with Crippen LogP contribution in [0.15, 0.2) is 0 Å². The molecule has 0 heterocycles. The molecule has 12 heavy (non-hydrogen) atoms. The molecule has 0 fully saturated rings. The standard InChI is InChI=1S/C11H24N/c1-2-3-4-5-6-7-8-9-10-11-12/h3H,2,4-12H2,1H3. The Morgan fingerprint density at radius 3 is 2.08 bits per heavy atom. The molecule has 0 aliphatic carbocycles. The molecule has 0 atom stereocenters. The van der Waals surface area contributed by atoms with Crippen molar-refractivity contribution in [2.24, 2.45) is 5.73 Å². The second kappa shape index (κ2) is 11.0. The second-order valence-corrected chi connectivity index (χ2v) is 3.40. The molecule has 0 spiro atoms. The van der Waals surface area contributed by atoms with Crippen molar-refractivity contribution in [3.05, 3.63) is 6.42 Å². The topological polar surface area (TPSA) is 26.0 Å². The summed E-state index contributed by atoms with van der Waals surface area (Å²) < 4.78 is 0. The molecule has 73 valence electrons. The van der Waals surface area contributed by atoms with Crippen molar-refractivity contribution in [2.75, 3.05) is 6.54 Å². The fourth-order valence-corrected chi connectivity index (χ4v) is 1.34.